The van der Waals surface area contributed by atoms with Crippen LogP contribution in [0.1, 0.15) is 12.5 Å². The van der Waals surface area contributed by atoms with Gasteiger partial charge in [-0.2, -0.15) is 8.42 Å². The Balaban J connectivity index is 0.00000289. The molecule has 0 heterocycles. The van der Waals surface area contributed by atoms with Crippen LogP contribution in [0, 0.1) is 6.92 Å². The monoisotopic (exact) mass is 298 g/mol. The Bertz CT molecular complexity index is 520. The van der Waals surface area contributed by atoms with Crippen molar-refractivity contribution in [3.05, 3.63) is 29.8 Å². The van der Waals surface area contributed by atoms with Gasteiger partial charge in [0.15, 0.2) is 0 Å². The average Bonchev–Trinajstić information content (AvgIpc) is 2.16. The molecule has 94 valence electrons. The minimum absolute atomic E-state index is 0. The van der Waals surface area contributed by atoms with Crippen LogP contribution in [0.2, 0.25) is 0 Å². The SMILES string of the molecule is Cc1ccc(S(=O)(=O)OC(C)(O)C(=O)[O-])cc1.[K+]. The maximum absolute atomic E-state index is 11.6. The zero-order valence-electron chi connectivity index (χ0n) is 10.2. The van der Waals surface area contributed by atoms with Crippen molar-refractivity contribution in [3.8, 4) is 0 Å². The predicted octanol–water partition coefficient (Wildman–Crippen LogP) is -3.84. The first-order valence-electron chi connectivity index (χ1n) is 4.61. The van der Waals surface area contributed by atoms with Crippen molar-refractivity contribution >= 4 is 16.1 Å². The van der Waals surface area contributed by atoms with E-state index < -0.39 is 21.9 Å². The van der Waals surface area contributed by atoms with E-state index in [1.54, 1.807) is 6.92 Å². The molecule has 0 aliphatic heterocycles. The molecule has 0 radical (unpaired) electrons. The number of hydrogen-bond donors (Lipinski definition) is 1. The second kappa shape index (κ2) is 6.57. The fourth-order valence-electron chi connectivity index (χ4n) is 1.00. The minimum Gasteiger partial charge on any atom is -0.544 e. The minimum atomic E-state index is -4.35. The standard InChI is InChI=1S/C10H12O6S.K/c1-7-3-5-8(6-4-7)17(14,15)16-10(2,13)9(11)12;/h3-6,13H,1-2H3,(H,11,12);/q;+1/p-1. The third-order valence-corrected chi connectivity index (χ3v) is 3.35. The van der Waals surface area contributed by atoms with Crippen molar-refractivity contribution in [1.82, 2.24) is 0 Å². The maximum Gasteiger partial charge on any atom is 1.00 e. The zero-order valence-corrected chi connectivity index (χ0v) is 14.1. The van der Waals surface area contributed by atoms with Crippen LogP contribution in [0.5, 0.6) is 0 Å². The molecule has 0 aliphatic carbocycles. The molecule has 0 saturated heterocycles. The van der Waals surface area contributed by atoms with E-state index in [0.29, 0.717) is 6.92 Å². The first kappa shape index (κ1) is 18.2. The van der Waals surface area contributed by atoms with Crippen LogP contribution in [0.3, 0.4) is 0 Å². The van der Waals surface area contributed by atoms with Gasteiger partial charge in [0.05, 0.1) is 4.90 Å². The number of carbonyl (C=O) groups is 1. The summed E-state index contributed by atoms with van der Waals surface area (Å²) in [6, 6.07) is 5.53. The van der Waals surface area contributed by atoms with Crippen LogP contribution >= 0.6 is 0 Å². The van der Waals surface area contributed by atoms with Gasteiger partial charge in [-0.05, 0) is 26.0 Å². The second-order valence-corrected chi connectivity index (χ2v) is 5.17. The Morgan fingerprint density at radius 2 is 1.78 bits per heavy atom. The van der Waals surface area contributed by atoms with Crippen LogP contribution in [0.4, 0.5) is 0 Å². The summed E-state index contributed by atoms with van der Waals surface area (Å²) in [6.45, 7) is 2.43. The Hall–Kier alpha value is 0.196. The van der Waals surface area contributed by atoms with Gasteiger partial charge in [0.2, 0.25) is 5.79 Å². The largest absolute Gasteiger partial charge is 1.00 e. The summed E-state index contributed by atoms with van der Waals surface area (Å²) in [7, 11) is -4.35. The van der Waals surface area contributed by atoms with Gasteiger partial charge in [0.1, 0.15) is 5.97 Å². The number of carboxylic acid groups (broad SMARTS) is 1. The summed E-state index contributed by atoms with van der Waals surface area (Å²) in [4.78, 5) is 10.2. The van der Waals surface area contributed by atoms with Gasteiger partial charge < -0.3 is 15.0 Å². The molecule has 1 unspecified atom stereocenters. The van der Waals surface area contributed by atoms with Crippen LogP contribution in [0.25, 0.3) is 0 Å². The van der Waals surface area contributed by atoms with E-state index in [-0.39, 0.29) is 56.3 Å². The molecular weight excluding hydrogens is 287 g/mol. The van der Waals surface area contributed by atoms with E-state index in [2.05, 4.69) is 4.18 Å². The van der Waals surface area contributed by atoms with Crippen molar-refractivity contribution in [2.75, 3.05) is 0 Å². The van der Waals surface area contributed by atoms with Gasteiger partial charge in [-0.1, -0.05) is 17.7 Å². The maximum atomic E-state index is 11.6. The Morgan fingerprint density at radius 1 is 1.33 bits per heavy atom. The third kappa shape index (κ3) is 4.70. The number of rotatable bonds is 4. The quantitative estimate of drug-likeness (QED) is 0.347. The van der Waals surface area contributed by atoms with Crippen LogP contribution in [-0.2, 0) is 19.1 Å². The molecule has 1 rings (SSSR count). The summed E-state index contributed by atoms with van der Waals surface area (Å²) in [5.41, 5.74) is 0.829. The molecule has 1 aromatic rings. The van der Waals surface area contributed by atoms with Crippen molar-refractivity contribution in [2.45, 2.75) is 24.5 Å². The summed E-state index contributed by atoms with van der Waals surface area (Å²) in [5.74, 6) is -4.93. The van der Waals surface area contributed by atoms with Crippen molar-refractivity contribution < 1.29 is 79.0 Å². The summed E-state index contributed by atoms with van der Waals surface area (Å²) >= 11 is 0. The van der Waals surface area contributed by atoms with E-state index in [4.69, 9.17) is 0 Å². The smallest absolute Gasteiger partial charge is 0.544 e. The van der Waals surface area contributed by atoms with Crippen LogP contribution < -0.4 is 56.5 Å². The summed E-state index contributed by atoms with van der Waals surface area (Å²) < 4.78 is 27.4. The fraction of sp³-hybridized carbons (Fsp3) is 0.300. The molecule has 0 aromatic heterocycles. The van der Waals surface area contributed by atoms with Gasteiger partial charge in [-0.15, -0.1) is 0 Å². The number of benzene rings is 1. The Morgan fingerprint density at radius 3 is 2.17 bits per heavy atom. The number of aliphatic carboxylic acids is 1. The molecular formula is C10H11KO6S. The predicted molar refractivity (Wildman–Crippen MR) is 55.1 cm³/mol. The number of aliphatic hydroxyl groups is 1. The molecule has 1 atom stereocenters. The normalized spacial score (nSPS) is 14.4. The molecule has 0 bridgehead atoms. The zero-order chi connectivity index (χ0) is 13.3. The Labute approximate surface area is 148 Å². The first-order valence-corrected chi connectivity index (χ1v) is 6.02. The van der Waals surface area contributed by atoms with Gasteiger partial charge in [-0.3, -0.25) is 0 Å². The molecule has 0 amide bonds. The van der Waals surface area contributed by atoms with Gasteiger partial charge in [-0.25, -0.2) is 4.18 Å². The molecule has 1 N–H and O–H groups in total. The second-order valence-electron chi connectivity index (χ2n) is 3.62. The topological polar surface area (TPSA) is 104 Å². The average molecular weight is 298 g/mol. The van der Waals surface area contributed by atoms with Crippen LogP contribution in [-0.4, -0.2) is 25.3 Å². The van der Waals surface area contributed by atoms with E-state index >= 15 is 0 Å². The van der Waals surface area contributed by atoms with Crippen molar-refractivity contribution in [2.24, 2.45) is 0 Å². The number of carbonyl (C=O) groups excluding carboxylic acids is 1. The summed E-state index contributed by atoms with van der Waals surface area (Å²) in [6.07, 6.45) is 0. The van der Waals surface area contributed by atoms with Gasteiger partial charge in [0, 0.05) is 0 Å². The van der Waals surface area contributed by atoms with Crippen molar-refractivity contribution in [3.63, 3.8) is 0 Å². The fourth-order valence-corrected chi connectivity index (χ4v) is 2.06. The summed E-state index contributed by atoms with van der Waals surface area (Å²) in [5, 5.41) is 19.6. The van der Waals surface area contributed by atoms with E-state index in [0.717, 1.165) is 5.56 Å². The number of aryl methyl sites for hydroxylation is 1. The molecule has 8 heteroatoms. The molecule has 18 heavy (non-hydrogen) atoms. The molecule has 0 spiro atoms. The van der Waals surface area contributed by atoms with E-state index in [9.17, 15) is 23.4 Å². The molecule has 0 fully saturated rings. The van der Waals surface area contributed by atoms with Crippen LogP contribution in [0.15, 0.2) is 29.2 Å². The molecule has 0 aliphatic rings. The Kier molecular flexibility index (Phi) is 6.65. The van der Waals surface area contributed by atoms with Crippen molar-refractivity contribution in [1.29, 1.82) is 0 Å². The molecule has 0 saturated carbocycles. The number of carboxylic acids is 1. The van der Waals surface area contributed by atoms with E-state index in [1.165, 1.54) is 24.3 Å². The third-order valence-electron chi connectivity index (χ3n) is 1.96. The van der Waals surface area contributed by atoms with Gasteiger partial charge >= 0.3 is 51.4 Å². The first-order chi connectivity index (χ1) is 7.65. The van der Waals surface area contributed by atoms with Gasteiger partial charge in [0.25, 0.3) is 10.1 Å². The molecule has 6 nitrogen and oxygen atoms in total. The number of hydrogen-bond acceptors (Lipinski definition) is 6. The van der Waals surface area contributed by atoms with E-state index in [1.807, 2.05) is 0 Å². The molecule has 1 aromatic carbocycles.